The molecule has 2 fully saturated rings. The highest BCUT2D eigenvalue weighted by molar-refractivity contribution is 4.92. The van der Waals surface area contributed by atoms with E-state index in [-0.39, 0.29) is 5.54 Å². The zero-order chi connectivity index (χ0) is 13.0. The smallest absolute Gasteiger partial charge is 0.0613 e. The molecule has 2 heteroatoms. The van der Waals surface area contributed by atoms with Crippen LogP contribution in [0.25, 0.3) is 0 Å². The number of aliphatic hydroxyl groups is 1. The van der Waals surface area contributed by atoms with Crippen LogP contribution in [0, 0.1) is 17.8 Å². The van der Waals surface area contributed by atoms with Crippen molar-refractivity contribution in [2.24, 2.45) is 17.8 Å². The molecule has 0 saturated heterocycles. The van der Waals surface area contributed by atoms with Gasteiger partial charge < -0.3 is 10.4 Å². The lowest BCUT2D eigenvalue weighted by Gasteiger charge is -2.40. The maximum absolute atomic E-state index is 9.75. The molecule has 2 aliphatic carbocycles. The van der Waals surface area contributed by atoms with E-state index in [1.54, 1.807) is 0 Å². The van der Waals surface area contributed by atoms with Gasteiger partial charge in [-0.25, -0.2) is 0 Å². The Bertz CT molecular complexity index is 245. The predicted octanol–water partition coefficient (Wildman–Crippen LogP) is 3.34. The SMILES string of the molecule is CC1CCC(CO)(NCC2CCCC(C)C2)CC1. The Morgan fingerprint density at radius 1 is 1.06 bits per heavy atom. The molecule has 0 radical (unpaired) electrons. The molecular weight excluding hydrogens is 222 g/mol. The Hall–Kier alpha value is -0.0800. The van der Waals surface area contributed by atoms with Gasteiger partial charge in [-0.15, -0.1) is 0 Å². The van der Waals surface area contributed by atoms with E-state index in [2.05, 4.69) is 19.2 Å². The Labute approximate surface area is 113 Å². The Morgan fingerprint density at radius 2 is 1.78 bits per heavy atom. The number of aliphatic hydroxyl groups excluding tert-OH is 1. The molecule has 18 heavy (non-hydrogen) atoms. The summed E-state index contributed by atoms with van der Waals surface area (Å²) < 4.78 is 0. The third-order valence-electron chi connectivity index (χ3n) is 5.34. The summed E-state index contributed by atoms with van der Waals surface area (Å²) in [6, 6.07) is 0. The van der Waals surface area contributed by atoms with Crippen molar-refractivity contribution < 1.29 is 5.11 Å². The van der Waals surface area contributed by atoms with Gasteiger partial charge in [-0.2, -0.15) is 0 Å². The fourth-order valence-corrected chi connectivity index (χ4v) is 3.81. The summed E-state index contributed by atoms with van der Waals surface area (Å²) in [6.07, 6.45) is 10.4. The molecule has 2 atom stereocenters. The number of nitrogens with one attached hydrogen (secondary N) is 1. The third kappa shape index (κ3) is 3.71. The Kier molecular flexibility index (Phi) is 5.08. The lowest BCUT2D eigenvalue weighted by Crippen LogP contribution is -2.52. The van der Waals surface area contributed by atoms with Gasteiger partial charge >= 0.3 is 0 Å². The molecule has 106 valence electrons. The molecule has 2 nitrogen and oxygen atoms in total. The lowest BCUT2D eigenvalue weighted by atomic mass is 9.76. The molecule has 0 bridgehead atoms. The van der Waals surface area contributed by atoms with Gasteiger partial charge in [0.05, 0.1) is 6.61 Å². The van der Waals surface area contributed by atoms with Crippen molar-refractivity contribution in [1.29, 1.82) is 0 Å². The van der Waals surface area contributed by atoms with Crippen LogP contribution in [0.2, 0.25) is 0 Å². The monoisotopic (exact) mass is 253 g/mol. The summed E-state index contributed by atoms with van der Waals surface area (Å²) in [5, 5.41) is 13.5. The predicted molar refractivity (Wildman–Crippen MR) is 76.6 cm³/mol. The fourth-order valence-electron chi connectivity index (χ4n) is 3.81. The molecule has 0 aromatic rings. The van der Waals surface area contributed by atoms with Gasteiger partial charge in [0, 0.05) is 5.54 Å². The molecule has 2 rings (SSSR count). The molecule has 2 aliphatic rings. The molecule has 0 aromatic carbocycles. The summed E-state index contributed by atoms with van der Waals surface area (Å²) >= 11 is 0. The van der Waals surface area contributed by atoms with Crippen LogP contribution in [0.4, 0.5) is 0 Å². The summed E-state index contributed by atoms with van der Waals surface area (Å²) in [4.78, 5) is 0. The molecule has 0 spiro atoms. The minimum Gasteiger partial charge on any atom is -0.394 e. The van der Waals surface area contributed by atoms with Crippen molar-refractivity contribution in [3.8, 4) is 0 Å². The number of hydrogen-bond donors (Lipinski definition) is 2. The van der Waals surface area contributed by atoms with E-state index in [9.17, 15) is 5.11 Å². The topological polar surface area (TPSA) is 32.3 Å². The van der Waals surface area contributed by atoms with E-state index in [4.69, 9.17) is 0 Å². The van der Waals surface area contributed by atoms with Gasteiger partial charge in [-0.1, -0.05) is 26.7 Å². The minimum atomic E-state index is 0.0488. The Morgan fingerprint density at radius 3 is 2.39 bits per heavy atom. The second kappa shape index (κ2) is 6.38. The van der Waals surface area contributed by atoms with Gasteiger partial charge in [-0.05, 0) is 62.8 Å². The molecule has 2 unspecified atom stereocenters. The van der Waals surface area contributed by atoms with Crippen molar-refractivity contribution >= 4 is 0 Å². The number of rotatable bonds is 4. The van der Waals surface area contributed by atoms with Crippen LogP contribution in [0.15, 0.2) is 0 Å². The summed E-state index contributed by atoms with van der Waals surface area (Å²) in [7, 11) is 0. The quantitative estimate of drug-likeness (QED) is 0.805. The maximum atomic E-state index is 9.75. The highest BCUT2D eigenvalue weighted by atomic mass is 16.3. The first kappa shape index (κ1) is 14.3. The highest BCUT2D eigenvalue weighted by Gasteiger charge is 2.33. The lowest BCUT2D eigenvalue weighted by molar-refractivity contribution is 0.0969. The Balaban J connectivity index is 1.79. The van der Waals surface area contributed by atoms with E-state index in [0.717, 1.165) is 37.1 Å². The van der Waals surface area contributed by atoms with Gasteiger partial charge in [0.15, 0.2) is 0 Å². The zero-order valence-corrected chi connectivity index (χ0v) is 12.3. The standard InChI is InChI=1S/C16H31NO/c1-13-6-8-16(12-18,9-7-13)17-11-15-5-3-4-14(2)10-15/h13-15,17-18H,3-12H2,1-2H3. The third-order valence-corrected chi connectivity index (χ3v) is 5.34. The number of hydrogen-bond acceptors (Lipinski definition) is 2. The zero-order valence-electron chi connectivity index (χ0n) is 12.3. The molecule has 2 N–H and O–H groups in total. The van der Waals surface area contributed by atoms with Crippen molar-refractivity contribution in [3.05, 3.63) is 0 Å². The van der Waals surface area contributed by atoms with Crippen LogP contribution in [-0.2, 0) is 0 Å². The average Bonchev–Trinajstić information content (AvgIpc) is 2.39. The van der Waals surface area contributed by atoms with Gasteiger partial charge in [0.1, 0.15) is 0 Å². The molecule has 0 aliphatic heterocycles. The van der Waals surface area contributed by atoms with Crippen LogP contribution in [-0.4, -0.2) is 23.8 Å². The van der Waals surface area contributed by atoms with Crippen molar-refractivity contribution in [2.75, 3.05) is 13.2 Å². The van der Waals surface area contributed by atoms with E-state index in [0.29, 0.717) is 6.61 Å². The fraction of sp³-hybridized carbons (Fsp3) is 1.00. The van der Waals surface area contributed by atoms with E-state index >= 15 is 0 Å². The van der Waals surface area contributed by atoms with E-state index < -0.39 is 0 Å². The van der Waals surface area contributed by atoms with E-state index in [1.165, 1.54) is 38.5 Å². The molecule has 0 aromatic heterocycles. The van der Waals surface area contributed by atoms with Crippen molar-refractivity contribution in [2.45, 2.75) is 70.8 Å². The first-order chi connectivity index (χ1) is 8.63. The van der Waals surface area contributed by atoms with Crippen molar-refractivity contribution in [1.82, 2.24) is 5.32 Å². The first-order valence-electron chi connectivity index (χ1n) is 7.99. The molecule has 0 heterocycles. The van der Waals surface area contributed by atoms with Crippen LogP contribution >= 0.6 is 0 Å². The second-order valence-corrected chi connectivity index (χ2v) is 7.14. The summed E-state index contributed by atoms with van der Waals surface area (Å²) in [5.74, 6) is 2.60. The first-order valence-corrected chi connectivity index (χ1v) is 7.99. The van der Waals surface area contributed by atoms with Crippen LogP contribution in [0.1, 0.15) is 65.2 Å². The van der Waals surface area contributed by atoms with Crippen molar-refractivity contribution in [3.63, 3.8) is 0 Å². The average molecular weight is 253 g/mol. The largest absolute Gasteiger partial charge is 0.394 e. The molecule has 2 saturated carbocycles. The maximum Gasteiger partial charge on any atom is 0.0613 e. The minimum absolute atomic E-state index is 0.0488. The van der Waals surface area contributed by atoms with E-state index in [1.807, 2.05) is 0 Å². The molecular formula is C16H31NO. The van der Waals surface area contributed by atoms with Crippen LogP contribution in [0.3, 0.4) is 0 Å². The second-order valence-electron chi connectivity index (χ2n) is 7.14. The normalized spacial score (nSPS) is 41.8. The van der Waals surface area contributed by atoms with Crippen LogP contribution in [0.5, 0.6) is 0 Å². The van der Waals surface area contributed by atoms with Gasteiger partial charge in [0.25, 0.3) is 0 Å². The van der Waals surface area contributed by atoms with Gasteiger partial charge in [0.2, 0.25) is 0 Å². The van der Waals surface area contributed by atoms with Crippen LogP contribution < -0.4 is 5.32 Å². The summed E-state index contributed by atoms with van der Waals surface area (Å²) in [5.41, 5.74) is 0.0488. The molecule has 0 amide bonds. The van der Waals surface area contributed by atoms with Gasteiger partial charge in [-0.3, -0.25) is 0 Å². The summed E-state index contributed by atoms with van der Waals surface area (Å²) in [6.45, 7) is 6.17. The highest BCUT2D eigenvalue weighted by Crippen LogP contribution is 2.33.